The van der Waals surface area contributed by atoms with Gasteiger partial charge in [0.2, 0.25) is 8.32 Å². The average Bonchev–Trinajstić information content (AvgIpc) is 2.50. The van der Waals surface area contributed by atoms with Gasteiger partial charge in [0.1, 0.15) is 5.41 Å². The second-order valence-corrected chi connectivity index (χ2v) is 11.9. The van der Waals surface area contributed by atoms with Gasteiger partial charge in [0.25, 0.3) is 0 Å². The van der Waals surface area contributed by atoms with Crippen LogP contribution in [0.1, 0.15) is 72.1 Å². The number of rotatable bonds is 12. The predicted octanol–water partition coefficient (Wildman–Crippen LogP) is 6.06. The second-order valence-electron chi connectivity index (χ2n) is 7.52. The zero-order valence-electron chi connectivity index (χ0n) is 16.5. The smallest absolute Gasteiger partial charge is 0.319 e. The van der Waals surface area contributed by atoms with Crippen molar-refractivity contribution in [3.63, 3.8) is 0 Å². The molecule has 0 aliphatic rings. The monoisotopic (exact) mass is 342 g/mol. The summed E-state index contributed by atoms with van der Waals surface area (Å²) in [6, 6.07) is 0. The number of unbranched alkanes of at least 4 members (excludes halogenated alkanes) is 6. The Bertz CT molecular complexity index is 371. The summed E-state index contributed by atoms with van der Waals surface area (Å²) in [5.41, 5.74) is -0.669. The molecular formula is C19H38O3Si. The Labute approximate surface area is 145 Å². The number of hydrogen-bond acceptors (Lipinski definition) is 3. The summed E-state index contributed by atoms with van der Waals surface area (Å²) in [6.07, 6.45) is 11.4. The number of allylic oxidation sites excluding steroid dienone is 1. The molecule has 23 heavy (non-hydrogen) atoms. The minimum Gasteiger partial charge on any atom is -0.547 e. The van der Waals surface area contributed by atoms with Gasteiger partial charge in [-0.15, -0.1) is 0 Å². The number of esters is 1. The highest BCUT2D eigenvalue weighted by Gasteiger charge is 2.39. The number of carbonyl (C=O) groups is 1. The summed E-state index contributed by atoms with van der Waals surface area (Å²) in [5, 5.41) is 0. The van der Waals surface area contributed by atoms with Crippen LogP contribution in [0, 0.1) is 5.41 Å². The van der Waals surface area contributed by atoms with Crippen molar-refractivity contribution >= 4 is 14.3 Å². The van der Waals surface area contributed by atoms with Crippen molar-refractivity contribution < 1.29 is 14.0 Å². The molecule has 0 spiro atoms. The van der Waals surface area contributed by atoms with Crippen LogP contribution in [0.15, 0.2) is 11.8 Å². The van der Waals surface area contributed by atoms with Gasteiger partial charge in [-0.1, -0.05) is 46.0 Å². The van der Waals surface area contributed by atoms with Gasteiger partial charge in [0.15, 0.2) is 0 Å². The Balaban J connectivity index is 4.86. The minimum absolute atomic E-state index is 0.201. The van der Waals surface area contributed by atoms with E-state index in [0.717, 1.165) is 18.6 Å². The van der Waals surface area contributed by atoms with Crippen LogP contribution < -0.4 is 0 Å². The summed E-state index contributed by atoms with van der Waals surface area (Å²) in [5.74, 6) is 0.618. The van der Waals surface area contributed by atoms with E-state index in [1.807, 2.05) is 13.8 Å². The highest BCUT2D eigenvalue weighted by molar-refractivity contribution is 6.70. The van der Waals surface area contributed by atoms with E-state index < -0.39 is 13.7 Å². The van der Waals surface area contributed by atoms with Crippen LogP contribution in [0.25, 0.3) is 0 Å². The molecule has 0 radical (unpaired) electrons. The minimum atomic E-state index is -1.77. The molecular weight excluding hydrogens is 304 g/mol. The van der Waals surface area contributed by atoms with Crippen LogP contribution in [-0.4, -0.2) is 21.4 Å². The number of carbonyl (C=O) groups excluding carboxylic acids is 1. The molecule has 0 aliphatic carbocycles. The SMILES string of the molecule is CCCCCCCC/C=C(\O[Si](C)(C)C)C(C)(CC)C(=O)OC. The van der Waals surface area contributed by atoms with E-state index in [4.69, 9.17) is 9.16 Å². The first-order chi connectivity index (χ1) is 10.7. The van der Waals surface area contributed by atoms with Gasteiger partial charge in [0.05, 0.1) is 12.9 Å². The van der Waals surface area contributed by atoms with Crippen molar-refractivity contribution in [2.75, 3.05) is 7.11 Å². The molecule has 0 saturated carbocycles. The van der Waals surface area contributed by atoms with Crippen molar-refractivity contribution in [2.24, 2.45) is 5.41 Å². The van der Waals surface area contributed by atoms with Crippen molar-refractivity contribution in [3.05, 3.63) is 11.8 Å². The van der Waals surface area contributed by atoms with E-state index in [2.05, 4.69) is 32.6 Å². The Kier molecular flexibility index (Phi) is 10.5. The Morgan fingerprint density at radius 3 is 2.09 bits per heavy atom. The summed E-state index contributed by atoms with van der Waals surface area (Å²) in [6.45, 7) is 12.6. The standard InChI is InChI=1S/C19H38O3Si/c1-8-10-11-12-13-14-15-16-17(22-23(5,6)7)19(3,9-2)18(20)21-4/h16H,8-15H2,1-7H3/b17-16-. The van der Waals surface area contributed by atoms with Gasteiger partial charge in [-0.05, 0) is 51.9 Å². The van der Waals surface area contributed by atoms with Crippen molar-refractivity contribution in [1.29, 1.82) is 0 Å². The van der Waals surface area contributed by atoms with Crippen molar-refractivity contribution in [2.45, 2.75) is 91.8 Å². The summed E-state index contributed by atoms with van der Waals surface area (Å²) in [4.78, 5) is 12.3. The molecule has 0 fully saturated rings. The van der Waals surface area contributed by atoms with Crippen molar-refractivity contribution in [1.82, 2.24) is 0 Å². The molecule has 0 aromatic heterocycles. The predicted molar refractivity (Wildman–Crippen MR) is 101 cm³/mol. The van der Waals surface area contributed by atoms with Crippen LogP contribution in [0.2, 0.25) is 19.6 Å². The summed E-state index contributed by atoms with van der Waals surface area (Å²) < 4.78 is 11.3. The number of hydrogen-bond donors (Lipinski definition) is 0. The van der Waals surface area contributed by atoms with E-state index in [9.17, 15) is 4.79 Å². The first-order valence-electron chi connectivity index (χ1n) is 9.19. The molecule has 0 heterocycles. The van der Waals surface area contributed by atoms with E-state index in [1.54, 1.807) is 0 Å². The fourth-order valence-electron chi connectivity index (χ4n) is 2.51. The largest absolute Gasteiger partial charge is 0.547 e. The summed E-state index contributed by atoms with van der Waals surface area (Å²) >= 11 is 0. The third-order valence-corrected chi connectivity index (χ3v) is 5.02. The average molecular weight is 343 g/mol. The van der Waals surface area contributed by atoms with Gasteiger partial charge in [-0.2, -0.15) is 0 Å². The van der Waals surface area contributed by atoms with Gasteiger partial charge >= 0.3 is 5.97 Å². The maximum Gasteiger partial charge on any atom is 0.319 e. The zero-order valence-corrected chi connectivity index (χ0v) is 17.5. The quantitative estimate of drug-likeness (QED) is 0.187. The lowest BCUT2D eigenvalue weighted by Crippen LogP contribution is -2.37. The molecule has 0 saturated heterocycles. The van der Waals surface area contributed by atoms with Crippen LogP contribution in [0.4, 0.5) is 0 Å². The van der Waals surface area contributed by atoms with Gasteiger partial charge in [0, 0.05) is 0 Å². The molecule has 0 amide bonds. The number of ether oxygens (including phenoxy) is 1. The van der Waals surface area contributed by atoms with Crippen LogP contribution in [0.3, 0.4) is 0 Å². The van der Waals surface area contributed by atoms with Crippen LogP contribution in [-0.2, 0) is 14.0 Å². The Morgan fingerprint density at radius 2 is 1.61 bits per heavy atom. The highest BCUT2D eigenvalue weighted by atomic mass is 28.4. The third kappa shape index (κ3) is 8.59. The first kappa shape index (κ1) is 22.2. The van der Waals surface area contributed by atoms with Crippen LogP contribution >= 0.6 is 0 Å². The molecule has 1 unspecified atom stereocenters. The maximum absolute atomic E-state index is 12.3. The lowest BCUT2D eigenvalue weighted by atomic mass is 9.84. The van der Waals surface area contributed by atoms with E-state index in [1.165, 1.54) is 39.2 Å². The van der Waals surface area contributed by atoms with Gasteiger partial charge in [-0.3, -0.25) is 4.79 Å². The first-order valence-corrected chi connectivity index (χ1v) is 12.6. The number of methoxy groups -OCH3 is 1. The molecule has 0 aromatic carbocycles. The molecule has 136 valence electrons. The maximum atomic E-state index is 12.3. The topological polar surface area (TPSA) is 35.5 Å². The third-order valence-electron chi connectivity index (χ3n) is 4.19. The van der Waals surface area contributed by atoms with Crippen LogP contribution in [0.5, 0.6) is 0 Å². The molecule has 4 heteroatoms. The molecule has 0 N–H and O–H groups in total. The molecule has 0 aromatic rings. The lowest BCUT2D eigenvalue weighted by molar-refractivity contribution is -0.151. The van der Waals surface area contributed by atoms with E-state index in [0.29, 0.717) is 6.42 Å². The van der Waals surface area contributed by atoms with Gasteiger partial charge in [-0.25, -0.2) is 0 Å². The fraction of sp³-hybridized carbons (Fsp3) is 0.842. The second kappa shape index (κ2) is 10.9. The normalized spacial score (nSPS) is 15.2. The van der Waals surface area contributed by atoms with E-state index >= 15 is 0 Å². The zero-order chi connectivity index (χ0) is 17.9. The molecule has 0 rings (SSSR count). The Hall–Kier alpha value is -0.773. The highest BCUT2D eigenvalue weighted by Crippen LogP contribution is 2.35. The van der Waals surface area contributed by atoms with Gasteiger partial charge < -0.3 is 9.16 Å². The molecule has 1 atom stereocenters. The molecule has 0 aliphatic heterocycles. The lowest BCUT2D eigenvalue weighted by Gasteiger charge is -2.33. The van der Waals surface area contributed by atoms with Crippen molar-refractivity contribution in [3.8, 4) is 0 Å². The molecule has 0 bridgehead atoms. The fourth-order valence-corrected chi connectivity index (χ4v) is 3.48. The molecule has 3 nitrogen and oxygen atoms in total. The summed E-state index contributed by atoms with van der Waals surface area (Å²) in [7, 11) is -0.313. The Morgan fingerprint density at radius 1 is 1.04 bits per heavy atom. The van der Waals surface area contributed by atoms with E-state index in [-0.39, 0.29) is 5.97 Å².